The number of aryl methyl sites for hydroxylation is 1. The number of hydrogen-bond donors (Lipinski definition) is 1. The number of nitrogens with zero attached hydrogens (tertiary/aromatic N) is 1. The Hall–Kier alpha value is -0.580. The van der Waals surface area contributed by atoms with Gasteiger partial charge in [0, 0.05) is 9.13 Å². The quantitative estimate of drug-likeness (QED) is 0.363. The normalized spacial score (nSPS) is 11.8. The molecule has 0 heterocycles. The molecule has 0 atom stereocenters. The Morgan fingerprint density at radius 3 is 2.67 bits per heavy atom. The molecule has 0 radical (unpaired) electrons. The summed E-state index contributed by atoms with van der Waals surface area (Å²) in [5.74, 6) is 0. The van der Waals surface area contributed by atoms with E-state index in [0.29, 0.717) is 5.71 Å². The van der Waals surface area contributed by atoms with Gasteiger partial charge < -0.3 is 5.21 Å². The van der Waals surface area contributed by atoms with Gasteiger partial charge in [0.1, 0.15) is 0 Å². The summed E-state index contributed by atoms with van der Waals surface area (Å²) < 4.78 is 1.19. The third kappa shape index (κ3) is 1.97. The van der Waals surface area contributed by atoms with E-state index in [-0.39, 0.29) is 0 Å². The Morgan fingerprint density at radius 2 is 2.17 bits per heavy atom. The number of benzene rings is 1. The molecule has 2 nitrogen and oxygen atoms in total. The van der Waals surface area contributed by atoms with Crippen molar-refractivity contribution in [3.05, 3.63) is 32.9 Å². The fraction of sp³-hybridized carbons (Fsp3) is 0.222. The summed E-state index contributed by atoms with van der Waals surface area (Å²) in [6, 6.07) is 5.98. The van der Waals surface area contributed by atoms with Crippen LogP contribution in [0.5, 0.6) is 0 Å². The molecule has 0 fully saturated rings. The highest BCUT2D eigenvalue weighted by Gasteiger charge is 1.99. The predicted octanol–water partition coefficient (Wildman–Crippen LogP) is 2.80. The molecule has 0 saturated heterocycles. The van der Waals surface area contributed by atoms with Crippen molar-refractivity contribution in [3.63, 3.8) is 0 Å². The first kappa shape index (κ1) is 9.51. The number of rotatable bonds is 1. The number of oxime groups is 1. The van der Waals surface area contributed by atoms with Crippen molar-refractivity contribution in [3.8, 4) is 0 Å². The molecule has 3 heteroatoms. The highest BCUT2D eigenvalue weighted by molar-refractivity contribution is 14.1. The monoisotopic (exact) mass is 275 g/mol. The SMILES string of the molecule is C/C(=N\O)c1ccc(C)c(I)c1. The summed E-state index contributed by atoms with van der Waals surface area (Å²) >= 11 is 2.26. The largest absolute Gasteiger partial charge is 0.411 e. The Morgan fingerprint density at radius 1 is 1.50 bits per heavy atom. The minimum Gasteiger partial charge on any atom is -0.411 e. The fourth-order valence-corrected chi connectivity index (χ4v) is 1.39. The summed E-state index contributed by atoms with van der Waals surface area (Å²) in [6.45, 7) is 3.83. The van der Waals surface area contributed by atoms with Crippen molar-refractivity contribution in [2.75, 3.05) is 0 Å². The van der Waals surface area contributed by atoms with Gasteiger partial charge in [0.25, 0.3) is 0 Å². The third-order valence-electron chi connectivity index (χ3n) is 1.74. The van der Waals surface area contributed by atoms with E-state index in [9.17, 15) is 0 Å². The first-order valence-corrected chi connectivity index (χ1v) is 4.68. The molecular weight excluding hydrogens is 265 g/mol. The molecule has 1 aromatic carbocycles. The van der Waals surface area contributed by atoms with Crippen LogP contribution in [0, 0.1) is 10.5 Å². The molecule has 64 valence electrons. The van der Waals surface area contributed by atoms with E-state index in [1.165, 1.54) is 9.13 Å². The zero-order valence-electron chi connectivity index (χ0n) is 7.00. The van der Waals surface area contributed by atoms with Gasteiger partial charge in [-0.1, -0.05) is 17.3 Å². The molecular formula is C9H10INO. The van der Waals surface area contributed by atoms with Crippen LogP contribution in [0.1, 0.15) is 18.1 Å². The summed E-state index contributed by atoms with van der Waals surface area (Å²) in [5, 5.41) is 11.7. The standard InChI is InChI=1S/C9H10INO/c1-6-3-4-8(5-9(6)10)7(2)11-12/h3-5,12H,1-2H3/b11-7+. The van der Waals surface area contributed by atoms with Crippen LogP contribution in [0.4, 0.5) is 0 Å². The second-order valence-corrected chi connectivity index (χ2v) is 3.81. The van der Waals surface area contributed by atoms with Crippen molar-refractivity contribution in [1.82, 2.24) is 0 Å². The van der Waals surface area contributed by atoms with E-state index in [1.54, 1.807) is 6.92 Å². The van der Waals surface area contributed by atoms with E-state index < -0.39 is 0 Å². The zero-order chi connectivity index (χ0) is 9.14. The Bertz CT molecular complexity index is 320. The topological polar surface area (TPSA) is 32.6 Å². The molecule has 0 aromatic heterocycles. The van der Waals surface area contributed by atoms with Gasteiger partial charge in [-0.05, 0) is 48.1 Å². The minimum absolute atomic E-state index is 0.646. The van der Waals surface area contributed by atoms with E-state index in [2.05, 4.69) is 34.7 Å². The van der Waals surface area contributed by atoms with E-state index in [0.717, 1.165) is 5.56 Å². The number of halogens is 1. The van der Waals surface area contributed by atoms with Crippen LogP contribution in [0.3, 0.4) is 0 Å². The molecule has 12 heavy (non-hydrogen) atoms. The molecule has 0 aliphatic heterocycles. The van der Waals surface area contributed by atoms with Crippen molar-refractivity contribution < 1.29 is 5.21 Å². The van der Waals surface area contributed by atoms with Crippen LogP contribution in [0.2, 0.25) is 0 Å². The maximum absolute atomic E-state index is 8.53. The second kappa shape index (κ2) is 3.89. The lowest BCUT2D eigenvalue weighted by Crippen LogP contribution is -1.95. The van der Waals surface area contributed by atoms with Crippen molar-refractivity contribution in [2.24, 2.45) is 5.16 Å². The van der Waals surface area contributed by atoms with E-state index >= 15 is 0 Å². The maximum Gasteiger partial charge on any atom is 0.0837 e. The first-order chi connectivity index (χ1) is 5.65. The summed E-state index contributed by atoms with van der Waals surface area (Å²) in [5.41, 5.74) is 2.85. The third-order valence-corrected chi connectivity index (χ3v) is 2.90. The van der Waals surface area contributed by atoms with Crippen molar-refractivity contribution >= 4 is 28.3 Å². The molecule has 1 aromatic rings. The van der Waals surface area contributed by atoms with Crippen LogP contribution in [-0.4, -0.2) is 10.9 Å². The predicted molar refractivity (Wildman–Crippen MR) is 57.9 cm³/mol. The summed E-state index contributed by atoms with van der Waals surface area (Å²) in [7, 11) is 0. The lowest BCUT2D eigenvalue weighted by Gasteiger charge is -2.01. The molecule has 1 N–H and O–H groups in total. The molecule has 0 bridgehead atoms. The van der Waals surface area contributed by atoms with Gasteiger partial charge in [-0.2, -0.15) is 0 Å². The highest BCUT2D eigenvalue weighted by atomic mass is 127. The number of hydrogen-bond acceptors (Lipinski definition) is 2. The average molecular weight is 275 g/mol. The molecule has 0 aliphatic rings. The summed E-state index contributed by atoms with van der Waals surface area (Å²) in [6.07, 6.45) is 0. The minimum atomic E-state index is 0.646. The van der Waals surface area contributed by atoms with Crippen LogP contribution in [0.25, 0.3) is 0 Å². The van der Waals surface area contributed by atoms with Gasteiger partial charge in [0.2, 0.25) is 0 Å². The molecule has 0 unspecified atom stereocenters. The lowest BCUT2D eigenvalue weighted by atomic mass is 10.1. The smallest absolute Gasteiger partial charge is 0.0837 e. The van der Waals surface area contributed by atoms with E-state index in [1.807, 2.05) is 18.2 Å². The van der Waals surface area contributed by atoms with Crippen LogP contribution >= 0.6 is 22.6 Å². The summed E-state index contributed by atoms with van der Waals surface area (Å²) in [4.78, 5) is 0. The van der Waals surface area contributed by atoms with Crippen LogP contribution < -0.4 is 0 Å². The van der Waals surface area contributed by atoms with Gasteiger partial charge in [-0.15, -0.1) is 0 Å². The van der Waals surface area contributed by atoms with Gasteiger partial charge in [0.05, 0.1) is 5.71 Å². The lowest BCUT2D eigenvalue weighted by molar-refractivity contribution is 0.319. The first-order valence-electron chi connectivity index (χ1n) is 3.60. The Balaban J connectivity index is 3.13. The van der Waals surface area contributed by atoms with Crippen molar-refractivity contribution in [2.45, 2.75) is 13.8 Å². The average Bonchev–Trinajstić information content (AvgIpc) is 2.08. The Kier molecular flexibility index (Phi) is 3.08. The van der Waals surface area contributed by atoms with Crippen LogP contribution in [-0.2, 0) is 0 Å². The maximum atomic E-state index is 8.53. The van der Waals surface area contributed by atoms with Crippen molar-refractivity contribution in [1.29, 1.82) is 0 Å². The van der Waals surface area contributed by atoms with Gasteiger partial charge in [-0.3, -0.25) is 0 Å². The van der Waals surface area contributed by atoms with E-state index in [4.69, 9.17) is 5.21 Å². The zero-order valence-corrected chi connectivity index (χ0v) is 9.16. The molecule has 0 saturated carbocycles. The molecule has 0 spiro atoms. The van der Waals surface area contributed by atoms with Gasteiger partial charge >= 0.3 is 0 Å². The van der Waals surface area contributed by atoms with Crippen LogP contribution in [0.15, 0.2) is 23.4 Å². The van der Waals surface area contributed by atoms with Gasteiger partial charge in [-0.25, -0.2) is 0 Å². The Labute approximate surface area is 85.4 Å². The molecule has 1 rings (SSSR count). The fourth-order valence-electron chi connectivity index (χ4n) is 0.876. The van der Waals surface area contributed by atoms with Gasteiger partial charge in [0.15, 0.2) is 0 Å². The second-order valence-electron chi connectivity index (χ2n) is 2.65. The highest BCUT2D eigenvalue weighted by Crippen LogP contribution is 2.13. The molecule has 0 amide bonds. The molecule has 0 aliphatic carbocycles.